The Labute approximate surface area is 172 Å². The highest BCUT2D eigenvalue weighted by atomic mass is 16.3. The minimum Gasteiger partial charge on any atom is -0.459 e. The number of benzene rings is 2. The molecule has 0 aliphatic rings. The maximum Gasteiger partial charge on any atom is 0.291 e. The zero-order valence-electron chi connectivity index (χ0n) is 15.9. The second kappa shape index (κ2) is 8.74. The van der Waals surface area contributed by atoms with E-state index in [4.69, 9.17) is 4.42 Å². The van der Waals surface area contributed by atoms with Gasteiger partial charge in [0, 0.05) is 29.2 Å². The molecule has 0 atom stereocenters. The monoisotopic (exact) mass is 398 g/mol. The van der Waals surface area contributed by atoms with Gasteiger partial charge in [0.05, 0.1) is 18.1 Å². The molecule has 0 spiro atoms. The largest absolute Gasteiger partial charge is 0.459 e. The van der Waals surface area contributed by atoms with E-state index in [9.17, 15) is 9.59 Å². The van der Waals surface area contributed by atoms with Gasteiger partial charge in [0.25, 0.3) is 5.91 Å². The highest BCUT2D eigenvalue weighted by Crippen LogP contribution is 2.17. The van der Waals surface area contributed by atoms with Crippen LogP contribution in [0.15, 0.2) is 95.9 Å². The quantitative estimate of drug-likeness (QED) is 0.472. The van der Waals surface area contributed by atoms with E-state index in [1.807, 2.05) is 36.5 Å². The lowest BCUT2D eigenvalue weighted by Gasteiger charge is -2.06. The van der Waals surface area contributed by atoms with E-state index >= 15 is 0 Å². The first-order valence-electron chi connectivity index (χ1n) is 9.21. The molecule has 7 nitrogen and oxygen atoms in total. The molecule has 2 amide bonds. The summed E-state index contributed by atoms with van der Waals surface area (Å²) in [5, 5.41) is 9.79. The predicted molar refractivity (Wildman–Crippen MR) is 114 cm³/mol. The third-order valence-corrected chi connectivity index (χ3v) is 4.18. The number of nitrogens with zero attached hydrogens (tertiary/aromatic N) is 2. The molecule has 7 heteroatoms. The van der Waals surface area contributed by atoms with E-state index < -0.39 is 0 Å². The van der Waals surface area contributed by atoms with Crippen LogP contribution in [-0.4, -0.2) is 21.6 Å². The maximum atomic E-state index is 12.3. The number of anilines is 2. The molecule has 0 fully saturated rings. The first-order chi connectivity index (χ1) is 14.7. The van der Waals surface area contributed by atoms with Gasteiger partial charge in [-0.1, -0.05) is 24.3 Å². The van der Waals surface area contributed by atoms with Gasteiger partial charge in [-0.2, -0.15) is 5.10 Å². The Balaban J connectivity index is 1.37. The summed E-state index contributed by atoms with van der Waals surface area (Å²) in [5.74, 6) is -0.445. The fourth-order valence-electron chi connectivity index (χ4n) is 2.78. The summed E-state index contributed by atoms with van der Waals surface area (Å²) in [6, 6.07) is 19.8. The van der Waals surface area contributed by atoms with E-state index in [0.717, 1.165) is 11.3 Å². The van der Waals surface area contributed by atoms with E-state index in [1.165, 1.54) is 12.3 Å². The third-order valence-electron chi connectivity index (χ3n) is 4.18. The van der Waals surface area contributed by atoms with Gasteiger partial charge in [-0.25, -0.2) is 4.68 Å². The molecule has 0 aliphatic heterocycles. The molecular formula is C23H18N4O3. The lowest BCUT2D eigenvalue weighted by molar-refractivity contribution is -0.111. The summed E-state index contributed by atoms with van der Waals surface area (Å²) in [5.41, 5.74) is 2.84. The zero-order chi connectivity index (χ0) is 20.8. The molecule has 2 N–H and O–H groups in total. The van der Waals surface area contributed by atoms with Crippen molar-refractivity contribution in [1.29, 1.82) is 0 Å². The summed E-state index contributed by atoms with van der Waals surface area (Å²) in [6.45, 7) is 0. The summed E-state index contributed by atoms with van der Waals surface area (Å²) < 4.78 is 6.81. The Morgan fingerprint density at radius 1 is 0.933 bits per heavy atom. The summed E-state index contributed by atoms with van der Waals surface area (Å²) in [4.78, 5) is 24.3. The first kappa shape index (κ1) is 18.9. The normalized spacial score (nSPS) is 10.8. The third kappa shape index (κ3) is 4.71. The number of nitrogens with one attached hydrogen (secondary N) is 2. The van der Waals surface area contributed by atoms with Crippen molar-refractivity contribution in [2.24, 2.45) is 0 Å². The van der Waals surface area contributed by atoms with Gasteiger partial charge in [0.15, 0.2) is 5.76 Å². The van der Waals surface area contributed by atoms with Crippen molar-refractivity contribution in [2.45, 2.75) is 0 Å². The van der Waals surface area contributed by atoms with Crippen molar-refractivity contribution in [3.8, 4) is 5.69 Å². The van der Waals surface area contributed by atoms with Crippen LogP contribution in [0.5, 0.6) is 0 Å². The minimum absolute atomic E-state index is 0.212. The lowest BCUT2D eigenvalue weighted by Crippen LogP contribution is -2.12. The van der Waals surface area contributed by atoms with Crippen molar-refractivity contribution in [1.82, 2.24) is 9.78 Å². The van der Waals surface area contributed by atoms with E-state index in [1.54, 1.807) is 53.4 Å². The van der Waals surface area contributed by atoms with Crippen LogP contribution in [0, 0.1) is 0 Å². The second-order valence-electron chi connectivity index (χ2n) is 6.39. The number of amides is 2. The number of hydrogen-bond donors (Lipinski definition) is 2. The fraction of sp³-hybridized carbons (Fsp3) is 0. The van der Waals surface area contributed by atoms with Crippen molar-refractivity contribution in [2.75, 3.05) is 10.6 Å². The van der Waals surface area contributed by atoms with Gasteiger partial charge in [0.1, 0.15) is 0 Å². The van der Waals surface area contributed by atoms with Crippen LogP contribution >= 0.6 is 0 Å². The molecule has 0 saturated heterocycles. The second-order valence-corrected chi connectivity index (χ2v) is 6.39. The van der Waals surface area contributed by atoms with Crippen molar-refractivity contribution >= 4 is 29.3 Å². The Morgan fingerprint density at radius 3 is 2.50 bits per heavy atom. The summed E-state index contributed by atoms with van der Waals surface area (Å²) in [7, 11) is 0. The number of rotatable bonds is 6. The predicted octanol–water partition coefficient (Wildman–Crippen LogP) is 4.37. The van der Waals surface area contributed by atoms with Crippen LogP contribution in [0.2, 0.25) is 0 Å². The molecule has 4 rings (SSSR count). The average molecular weight is 398 g/mol. The van der Waals surface area contributed by atoms with Gasteiger partial charge in [0.2, 0.25) is 5.91 Å². The fourth-order valence-corrected chi connectivity index (χ4v) is 2.78. The van der Waals surface area contributed by atoms with Gasteiger partial charge in [-0.05, 0) is 48.5 Å². The van der Waals surface area contributed by atoms with Crippen LogP contribution < -0.4 is 10.6 Å². The number of para-hydroxylation sites is 1. The maximum absolute atomic E-state index is 12.3. The van der Waals surface area contributed by atoms with Crippen molar-refractivity contribution < 1.29 is 14.0 Å². The van der Waals surface area contributed by atoms with Crippen LogP contribution in [0.3, 0.4) is 0 Å². The Hall–Kier alpha value is -4.39. The molecule has 0 bridgehead atoms. The Morgan fingerprint density at radius 2 is 1.73 bits per heavy atom. The summed E-state index contributed by atoms with van der Waals surface area (Å²) >= 11 is 0. The lowest BCUT2D eigenvalue weighted by atomic mass is 10.2. The molecule has 30 heavy (non-hydrogen) atoms. The molecule has 2 aromatic carbocycles. The number of carbonyl (C=O) groups is 2. The topological polar surface area (TPSA) is 89.2 Å². The molecule has 0 unspecified atom stereocenters. The molecule has 0 aliphatic carbocycles. The molecule has 2 aromatic heterocycles. The first-order valence-corrected chi connectivity index (χ1v) is 9.21. The minimum atomic E-state index is -0.362. The van der Waals surface area contributed by atoms with Gasteiger partial charge >= 0.3 is 0 Å². The van der Waals surface area contributed by atoms with Crippen molar-refractivity contribution in [3.63, 3.8) is 0 Å². The van der Waals surface area contributed by atoms with Crippen LogP contribution in [0.25, 0.3) is 11.8 Å². The SMILES string of the molecule is O=C(/C=C/c1cnn(-c2ccccc2)c1)Nc1cccc(NC(=O)c2ccco2)c1. The van der Waals surface area contributed by atoms with E-state index in [-0.39, 0.29) is 17.6 Å². The van der Waals surface area contributed by atoms with Crippen molar-refractivity contribution in [3.05, 3.63) is 103 Å². The molecule has 148 valence electrons. The Kier molecular flexibility index (Phi) is 5.52. The van der Waals surface area contributed by atoms with Crippen LogP contribution in [0.4, 0.5) is 11.4 Å². The van der Waals surface area contributed by atoms with Crippen LogP contribution in [0.1, 0.15) is 16.1 Å². The smallest absolute Gasteiger partial charge is 0.291 e. The molecular weight excluding hydrogens is 380 g/mol. The molecule has 0 saturated carbocycles. The van der Waals surface area contributed by atoms with E-state index in [0.29, 0.717) is 11.4 Å². The number of carbonyl (C=O) groups excluding carboxylic acids is 2. The standard InChI is InChI=1S/C23H18N4O3/c28-22(12-11-17-15-24-27(16-17)20-8-2-1-3-9-20)25-18-6-4-7-19(14-18)26-23(29)21-10-5-13-30-21/h1-16H,(H,25,28)(H,26,29)/b12-11+. The van der Waals surface area contributed by atoms with Gasteiger partial charge in [-0.3, -0.25) is 9.59 Å². The summed E-state index contributed by atoms with van der Waals surface area (Å²) in [6.07, 6.45) is 8.07. The average Bonchev–Trinajstić information content (AvgIpc) is 3.46. The number of hydrogen-bond acceptors (Lipinski definition) is 4. The molecule has 4 aromatic rings. The van der Waals surface area contributed by atoms with E-state index in [2.05, 4.69) is 15.7 Å². The Bertz CT molecular complexity index is 1180. The molecule has 0 radical (unpaired) electrons. The highest BCUT2D eigenvalue weighted by Gasteiger charge is 2.09. The van der Waals surface area contributed by atoms with Gasteiger partial charge < -0.3 is 15.1 Å². The number of furan rings is 1. The highest BCUT2D eigenvalue weighted by molar-refractivity contribution is 6.04. The number of aromatic nitrogens is 2. The molecule has 2 heterocycles. The zero-order valence-corrected chi connectivity index (χ0v) is 15.9. The van der Waals surface area contributed by atoms with Crippen LogP contribution in [-0.2, 0) is 4.79 Å². The van der Waals surface area contributed by atoms with Gasteiger partial charge in [-0.15, -0.1) is 0 Å².